The van der Waals surface area contributed by atoms with Crippen molar-refractivity contribution in [3.63, 3.8) is 0 Å². The van der Waals surface area contributed by atoms with Crippen molar-refractivity contribution < 1.29 is 13.2 Å². The molecule has 0 aromatic rings. The Kier molecular flexibility index (Phi) is 7.98. The van der Waals surface area contributed by atoms with E-state index >= 15 is 0 Å². The first kappa shape index (κ1) is 17.2. The molecule has 0 heterocycles. The Morgan fingerprint density at radius 3 is 2.17 bits per heavy atom. The summed E-state index contributed by atoms with van der Waals surface area (Å²) in [5.41, 5.74) is 16.1. The minimum Gasteiger partial charge on any atom is -0.358 e. The normalized spacial score (nSPS) is 13.6. The fourth-order valence-corrected chi connectivity index (χ4v) is 2.52. The van der Waals surface area contributed by atoms with Gasteiger partial charge in [-0.3, -0.25) is 4.79 Å². The van der Waals surface area contributed by atoms with Crippen LogP contribution in [0.5, 0.6) is 0 Å². The number of nitrogens with zero attached hydrogens (tertiary/aromatic N) is 1. The van der Waals surface area contributed by atoms with Gasteiger partial charge in [0, 0.05) is 33.2 Å². The van der Waals surface area contributed by atoms with Crippen molar-refractivity contribution in [3.8, 4) is 0 Å². The zero-order chi connectivity index (χ0) is 14.2. The van der Waals surface area contributed by atoms with Crippen LogP contribution in [0.1, 0.15) is 0 Å². The summed E-state index contributed by atoms with van der Waals surface area (Å²) in [6.07, 6.45) is 0. The first-order valence-electron chi connectivity index (χ1n) is 5.48. The summed E-state index contributed by atoms with van der Waals surface area (Å²) in [4.78, 5) is 13.4. The average Bonchev–Trinajstić information content (AvgIpc) is 2.27. The van der Waals surface area contributed by atoms with Crippen molar-refractivity contribution in [3.05, 3.63) is 0 Å². The van der Waals surface area contributed by atoms with Gasteiger partial charge in [0.15, 0.2) is 0 Å². The van der Waals surface area contributed by atoms with Crippen LogP contribution in [0.4, 0.5) is 0 Å². The number of nitrogens with two attached hydrogens (primary N) is 3. The zero-order valence-corrected chi connectivity index (χ0v) is 11.2. The molecule has 9 nitrogen and oxygen atoms in total. The summed E-state index contributed by atoms with van der Waals surface area (Å²) in [6.45, 7) is 1.21. The topological polar surface area (TPSA) is 157 Å². The fraction of sp³-hybridized carbons (Fsp3) is 0.875. The van der Waals surface area contributed by atoms with Gasteiger partial charge in [-0.15, -0.1) is 4.83 Å². The summed E-state index contributed by atoms with van der Waals surface area (Å²) in [7, 11) is -2.31. The van der Waals surface area contributed by atoms with Crippen molar-refractivity contribution in [1.29, 1.82) is 0 Å². The molecule has 0 aromatic heterocycles. The Hall–Kier alpha value is -0.780. The van der Waals surface area contributed by atoms with E-state index in [0.29, 0.717) is 13.1 Å². The van der Waals surface area contributed by atoms with Crippen LogP contribution >= 0.6 is 0 Å². The van der Waals surface area contributed by atoms with Gasteiger partial charge in [-0.1, -0.05) is 0 Å². The van der Waals surface area contributed by atoms with Gasteiger partial charge in [0.25, 0.3) is 0 Å². The van der Waals surface area contributed by atoms with Gasteiger partial charge in [0.1, 0.15) is 0 Å². The number of nitrogens with one attached hydrogen (secondary N) is 2. The monoisotopic (exact) mass is 282 g/mol. The van der Waals surface area contributed by atoms with E-state index in [-0.39, 0.29) is 13.1 Å². The molecule has 0 radical (unpaired) electrons. The quantitative estimate of drug-likeness (QED) is 0.271. The van der Waals surface area contributed by atoms with Crippen molar-refractivity contribution in [1.82, 2.24) is 15.2 Å². The van der Waals surface area contributed by atoms with E-state index in [4.69, 9.17) is 17.2 Å². The molecule has 10 heteroatoms. The van der Waals surface area contributed by atoms with Gasteiger partial charge in [0.2, 0.25) is 15.9 Å². The molecule has 0 saturated carbocycles. The van der Waals surface area contributed by atoms with Crippen LogP contribution in [0.2, 0.25) is 0 Å². The van der Waals surface area contributed by atoms with Crippen molar-refractivity contribution in [2.75, 3.05) is 39.0 Å². The molecule has 1 atom stereocenters. The fourth-order valence-electron chi connectivity index (χ4n) is 1.25. The maximum Gasteiger partial charge on any atom is 0.237 e. The van der Waals surface area contributed by atoms with Crippen LogP contribution in [0.25, 0.3) is 0 Å². The standard InChI is InChI=1S/C8H22N6O3S/c1-12-8(15)7(11)6-18(16,17)13-14(4-2-9)5-3-10/h7,13H,2-6,9-11H2,1H3,(H,12,15). The third kappa shape index (κ3) is 6.83. The second kappa shape index (κ2) is 8.34. The highest BCUT2D eigenvalue weighted by Crippen LogP contribution is 1.92. The number of likely N-dealkylation sites (N-methyl/N-ethyl adjacent to an activating group) is 1. The van der Waals surface area contributed by atoms with Crippen molar-refractivity contribution in [2.45, 2.75) is 6.04 Å². The maximum atomic E-state index is 11.7. The third-order valence-electron chi connectivity index (χ3n) is 2.05. The van der Waals surface area contributed by atoms with E-state index in [1.807, 2.05) is 0 Å². The molecule has 0 aliphatic carbocycles. The van der Waals surface area contributed by atoms with E-state index < -0.39 is 27.7 Å². The molecule has 1 unspecified atom stereocenters. The molecule has 0 saturated heterocycles. The molecular formula is C8H22N6O3S. The van der Waals surface area contributed by atoms with Crippen LogP contribution < -0.4 is 27.3 Å². The first-order chi connectivity index (χ1) is 8.36. The molecule has 0 rings (SSSR count). The van der Waals surface area contributed by atoms with Gasteiger partial charge < -0.3 is 22.5 Å². The Balaban J connectivity index is 4.48. The Morgan fingerprint density at radius 2 is 1.78 bits per heavy atom. The molecule has 0 bridgehead atoms. The first-order valence-corrected chi connectivity index (χ1v) is 7.14. The van der Waals surface area contributed by atoms with E-state index in [1.165, 1.54) is 12.1 Å². The lowest BCUT2D eigenvalue weighted by Crippen LogP contribution is -2.52. The van der Waals surface area contributed by atoms with Crippen molar-refractivity contribution in [2.24, 2.45) is 17.2 Å². The van der Waals surface area contributed by atoms with Gasteiger partial charge in [0.05, 0.1) is 11.8 Å². The Labute approximate surface area is 107 Å². The maximum absolute atomic E-state index is 11.7. The van der Waals surface area contributed by atoms with E-state index in [9.17, 15) is 13.2 Å². The van der Waals surface area contributed by atoms with Gasteiger partial charge in [-0.25, -0.2) is 13.4 Å². The smallest absolute Gasteiger partial charge is 0.237 e. The number of hydrazine groups is 1. The zero-order valence-electron chi connectivity index (χ0n) is 10.4. The predicted molar refractivity (Wildman–Crippen MR) is 68.6 cm³/mol. The van der Waals surface area contributed by atoms with Crippen LogP contribution in [-0.4, -0.2) is 64.4 Å². The molecule has 108 valence electrons. The van der Waals surface area contributed by atoms with Gasteiger partial charge >= 0.3 is 0 Å². The summed E-state index contributed by atoms with van der Waals surface area (Å²) in [6, 6.07) is -1.12. The van der Waals surface area contributed by atoms with Crippen LogP contribution in [0.3, 0.4) is 0 Å². The number of hydrogen-bond acceptors (Lipinski definition) is 7. The second-order valence-corrected chi connectivity index (χ2v) is 5.40. The average molecular weight is 282 g/mol. The van der Waals surface area contributed by atoms with E-state index in [1.54, 1.807) is 0 Å². The number of hydrogen-bond donors (Lipinski definition) is 5. The minimum absolute atomic E-state index is 0.282. The number of amides is 1. The second-order valence-electron chi connectivity index (χ2n) is 3.66. The van der Waals surface area contributed by atoms with Crippen molar-refractivity contribution >= 4 is 15.9 Å². The molecule has 0 fully saturated rings. The van der Waals surface area contributed by atoms with Crippen LogP contribution in [0, 0.1) is 0 Å². The van der Waals surface area contributed by atoms with E-state index in [0.717, 1.165) is 0 Å². The van der Waals surface area contributed by atoms with Crippen LogP contribution in [-0.2, 0) is 14.8 Å². The molecule has 0 aliphatic heterocycles. The molecule has 1 amide bonds. The lowest BCUT2D eigenvalue weighted by molar-refractivity contribution is -0.121. The number of carbonyl (C=O) groups is 1. The minimum atomic E-state index is -3.70. The van der Waals surface area contributed by atoms with Crippen LogP contribution in [0.15, 0.2) is 0 Å². The SMILES string of the molecule is CNC(=O)C(N)CS(=O)(=O)NN(CCN)CCN. The van der Waals surface area contributed by atoms with Gasteiger partial charge in [-0.05, 0) is 0 Å². The third-order valence-corrected chi connectivity index (χ3v) is 3.38. The number of sulfonamides is 1. The summed E-state index contributed by atoms with van der Waals surface area (Å²) < 4.78 is 23.5. The predicted octanol–water partition coefficient (Wildman–Crippen LogP) is -3.89. The number of carbonyl (C=O) groups excluding carboxylic acids is 1. The largest absolute Gasteiger partial charge is 0.358 e. The Morgan fingerprint density at radius 1 is 1.28 bits per heavy atom. The highest BCUT2D eigenvalue weighted by atomic mass is 32.2. The lowest BCUT2D eigenvalue weighted by atomic mass is 10.3. The number of rotatable bonds is 9. The molecule has 0 aliphatic rings. The Bertz CT molecular complexity index is 341. The summed E-state index contributed by atoms with van der Waals surface area (Å²) in [5.74, 6) is -1.04. The molecular weight excluding hydrogens is 260 g/mol. The summed E-state index contributed by atoms with van der Waals surface area (Å²) in [5, 5.41) is 3.66. The van der Waals surface area contributed by atoms with Gasteiger partial charge in [-0.2, -0.15) is 0 Å². The molecule has 0 spiro atoms. The molecule has 0 aromatic carbocycles. The highest BCUT2D eigenvalue weighted by Gasteiger charge is 2.22. The van der Waals surface area contributed by atoms with E-state index in [2.05, 4.69) is 10.1 Å². The lowest BCUT2D eigenvalue weighted by Gasteiger charge is -2.22. The molecule has 18 heavy (non-hydrogen) atoms. The highest BCUT2D eigenvalue weighted by molar-refractivity contribution is 7.89. The molecule has 8 N–H and O–H groups in total. The summed E-state index contributed by atoms with van der Waals surface area (Å²) >= 11 is 0.